The number of tetrazole rings is 1. The molecule has 2 fully saturated rings. The van der Waals surface area contributed by atoms with Crippen LogP contribution in [-0.4, -0.2) is 58.4 Å². The summed E-state index contributed by atoms with van der Waals surface area (Å²) in [5, 5.41) is 15.3. The van der Waals surface area contributed by atoms with Gasteiger partial charge in [-0.15, -0.1) is 16.4 Å². The second kappa shape index (κ2) is 9.36. The fraction of sp³-hybridized carbons (Fsp3) is 0.522. The first-order chi connectivity index (χ1) is 15.3. The SMILES string of the molecule is COc1cccc(N2CCN([C@@H](c3cccs3)c3nnnn3C3CCCCC3)CC2)c1. The van der Waals surface area contributed by atoms with Gasteiger partial charge in [0.25, 0.3) is 0 Å². The normalized spacial score (nSPS) is 19.5. The summed E-state index contributed by atoms with van der Waals surface area (Å²) in [6.45, 7) is 3.88. The highest BCUT2D eigenvalue weighted by atomic mass is 32.1. The predicted octanol–water partition coefficient (Wildman–Crippen LogP) is 4.16. The van der Waals surface area contributed by atoms with Gasteiger partial charge in [0.05, 0.1) is 13.2 Å². The van der Waals surface area contributed by atoms with E-state index < -0.39 is 0 Å². The highest BCUT2D eigenvalue weighted by Gasteiger charge is 2.33. The highest BCUT2D eigenvalue weighted by Crippen LogP contribution is 2.35. The maximum Gasteiger partial charge on any atom is 0.174 e. The van der Waals surface area contributed by atoms with E-state index in [1.165, 1.54) is 42.7 Å². The molecule has 1 aliphatic carbocycles. The summed E-state index contributed by atoms with van der Waals surface area (Å²) >= 11 is 1.80. The monoisotopic (exact) mass is 438 g/mol. The Morgan fingerprint density at radius 2 is 1.87 bits per heavy atom. The number of piperazine rings is 1. The average Bonchev–Trinajstić information content (AvgIpc) is 3.54. The summed E-state index contributed by atoms with van der Waals surface area (Å²) in [4.78, 5) is 6.31. The molecule has 3 aromatic rings. The van der Waals surface area contributed by atoms with Crippen LogP contribution in [0.25, 0.3) is 0 Å². The molecule has 0 unspecified atom stereocenters. The predicted molar refractivity (Wildman–Crippen MR) is 123 cm³/mol. The standard InChI is InChI=1S/C23H30N6OS/c1-30-20-10-5-9-19(17-20)27-12-14-28(15-13-27)22(21-11-6-16-31-21)23-24-25-26-29(23)18-7-3-2-4-8-18/h5-6,9-11,16-18,22H,2-4,7-8,12-15H2,1H3/t22-/m0/s1. The third kappa shape index (κ3) is 4.32. The Kier molecular flexibility index (Phi) is 6.18. The molecule has 1 aliphatic heterocycles. The van der Waals surface area contributed by atoms with Crippen molar-refractivity contribution in [2.75, 3.05) is 38.2 Å². The Morgan fingerprint density at radius 1 is 1.03 bits per heavy atom. The van der Waals surface area contributed by atoms with E-state index in [-0.39, 0.29) is 6.04 Å². The molecule has 0 radical (unpaired) electrons. The first-order valence-corrected chi connectivity index (χ1v) is 12.2. The quantitative estimate of drug-likeness (QED) is 0.576. The van der Waals surface area contributed by atoms with Crippen LogP contribution in [0.4, 0.5) is 5.69 Å². The molecule has 31 heavy (non-hydrogen) atoms. The number of benzene rings is 1. The Hall–Kier alpha value is -2.45. The molecule has 8 heteroatoms. The van der Waals surface area contributed by atoms with Crippen LogP contribution >= 0.6 is 11.3 Å². The van der Waals surface area contributed by atoms with Crippen LogP contribution in [-0.2, 0) is 0 Å². The van der Waals surface area contributed by atoms with Crippen LogP contribution in [0, 0.1) is 0 Å². The molecule has 0 bridgehead atoms. The lowest BCUT2D eigenvalue weighted by molar-refractivity contribution is 0.196. The average molecular weight is 439 g/mol. The highest BCUT2D eigenvalue weighted by molar-refractivity contribution is 7.10. The Labute approximate surface area is 187 Å². The molecule has 164 valence electrons. The Bertz CT molecular complexity index is 960. The van der Waals surface area contributed by atoms with Crippen molar-refractivity contribution in [1.82, 2.24) is 25.1 Å². The molecule has 1 aromatic carbocycles. The number of thiophene rings is 1. The van der Waals surface area contributed by atoms with E-state index in [0.29, 0.717) is 6.04 Å². The molecule has 5 rings (SSSR count). The molecule has 1 saturated carbocycles. The minimum Gasteiger partial charge on any atom is -0.497 e. The van der Waals surface area contributed by atoms with Crippen LogP contribution < -0.4 is 9.64 Å². The van der Waals surface area contributed by atoms with Gasteiger partial charge in [-0.2, -0.15) is 0 Å². The zero-order valence-electron chi connectivity index (χ0n) is 18.1. The zero-order chi connectivity index (χ0) is 21.0. The number of hydrogen-bond donors (Lipinski definition) is 0. The minimum atomic E-state index is 0.115. The Balaban J connectivity index is 1.37. The molecule has 1 atom stereocenters. The molecular formula is C23H30N6OS. The molecule has 3 heterocycles. The fourth-order valence-electron chi connectivity index (χ4n) is 4.93. The van der Waals surface area contributed by atoms with Crippen molar-refractivity contribution in [2.45, 2.75) is 44.2 Å². The summed E-state index contributed by atoms with van der Waals surface area (Å²) in [6, 6.07) is 13.3. The zero-order valence-corrected chi connectivity index (χ0v) is 18.9. The van der Waals surface area contributed by atoms with Crippen LogP contribution in [0.1, 0.15) is 54.9 Å². The first kappa shape index (κ1) is 20.5. The van der Waals surface area contributed by atoms with Crippen molar-refractivity contribution in [3.8, 4) is 5.75 Å². The van der Waals surface area contributed by atoms with Gasteiger partial charge in [0.2, 0.25) is 0 Å². The molecule has 7 nitrogen and oxygen atoms in total. The number of anilines is 1. The third-order valence-corrected chi connectivity index (χ3v) is 7.52. The topological polar surface area (TPSA) is 59.3 Å². The second-order valence-electron chi connectivity index (χ2n) is 8.42. The van der Waals surface area contributed by atoms with Gasteiger partial charge < -0.3 is 9.64 Å². The second-order valence-corrected chi connectivity index (χ2v) is 9.40. The van der Waals surface area contributed by atoms with Crippen molar-refractivity contribution >= 4 is 17.0 Å². The van der Waals surface area contributed by atoms with E-state index in [9.17, 15) is 0 Å². The number of aromatic nitrogens is 4. The van der Waals surface area contributed by atoms with Gasteiger partial charge in [-0.3, -0.25) is 4.90 Å². The van der Waals surface area contributed by atoms with Gasteiger partial charge in [-0.25, -0.2) is 4.68 Å². The lowest BCUT2D eigenvalue weighted by Crippen LogP contribution is -2.48. The fourth-order valence-corrected chi connectivity index (χ4v) is 5.78. The molecule has 0 amide bonds. The van der Waals surface area contributed by atoms with Crippen molar-refractivity contribution in [2.24, 2.45) is 0 Å². The molecule has 1 saturated heterocycles. The van der Waals surface area contributed by atoms with Gasteiger partial charge in [0.15, 0.2) is 5.82 Å². The number of nitrogens with zero attached hydrogens (tertiary/aromatic N) is 6. The summed E-state index contributed by atoms with van der Waals surface area (Å²) in [5.74, 6) is 1.91. The minimum absolute atomic E-state index is 0.115. The van der Waals surface area contributed by atoms with Gasteiger partial charge in [-0.1, -0.05) is 31.4 Å². The first-order valence-electron chi connectivity index (χ1n) is 11.3. The maximum absolute atomic E-state index is 5.41. The van der Waals surface area contributed by atoms with E-state index in [0.717, 1.165) is 37.8 Å². The van der Waals surface area contributed by atoms with Crippen LogP contribution in [0.2, 0.25) is 0 Å². The molecule has 0 N–H and O–H groups in total. The molecule has 2 aromatic heterocycles. The van der Waals surface area contributed by atoms with E-state index in [1.54, 1.807) is 18.4 Å². The smallest absolute Gasteiger partial charge is 0.174 e. The molecule has 0 spiro atoms. The Morgan fingerprint density at radius 3 is 2.61 bits per heavy atom. The van der Waals surface area contributed by atoms with Crippen LogP contribution in [0.15, 0.2) is 41.8 Å². The number of ether oxygens (including phenoxy) is 1. The summed E-state index contributed by atoms with van der Waals surface area (Å²) in [7, 11) is 1.72. The van der Waals surface area contributed by atoms with Crippen molar-refractivity contribution in [3.05, 3.63) is 52.5 Å². The lowest BCUT2D eigenvalue weighted by Gasteiger charge is -2.39. The van der Waals surface area contributed by atoms with Crippen LogP contribution in [0.3, 0.4) is 0 Å². The van der Waals surface area contributed by atoms with Crippen LogP contribution in [0.5, 0.6) is 5.75 Å². The summed E-state index contributed by atoms with van der Waals surface area (Å²) in [5.41, 5.74) is 1.22. The molecule has 2 aliphatic rings. The van der Waals surface area contributed by atoms with E-state index in [2.05, 4.69) is 65.7 Å². The van der Waals surface area contributed by atoms with E-state index in [4.69, 9.17) is 4.74 Å². The summed E-state index contributed by atoms with van der Waals surface area (Å²) < 4.78 is 7.55. The third-order valence-electron chi connectivity index (χ3n) is 6.59. The van der Waals surface area contributed by atoms with Gasteiger partial charge in [0.1, 0.15) is 11.8 Å². The van der Waals surface area contributed by atoms with Gasteiger partial charge in [-0.05, 0) is 46.8 Å². The van der Waals surface area contributed by atoms with Gasteiger partial charge >= 0.3 is 0 Å². The van der Waals surface area contributed by atoms with E-state index in [1.807, 2.05) is 6.07 Å². The van der Waals surface area contributed by atoms with E-state index >= 15 is 0 Å². The number of rotatable bonds is 6. The largest absolute Gasteiger partial charge is 0.497 e. The summed E-state index contributed by atoms with van der Waals surface area (Å²) in [6.07, 6.45) is 6.23. The van der Waals surface area contributed by atoms with Gasteiger partial charge in [0, 0.05) is 42.8 Å². The van der Waals surface area contributed by atoms with Crippen molar-refractivity contribution in [3.63, 3.8) is 0 Å². The lowest BCUT2D eigenvalue weighted by atomic mass is 9.95. The maximum atomic E-state index is 5.41. The number of methoxy groups -OCH3 is 1. The number of hydrogen-bond acceptors (Lipinski definition) is 7. The molecular weight excluding hydrogens is 408 g/mol. The van der Waals surface area contributed by atoms with Crippen molar-refractivity contribution in [1.29, 1.82) is 0 Å². The van der Waals surface area contributed by atoms with Crippen molar-refractivity contribution < 1.29 is 4.74 Å².